The van der Waals surface area contributed by atoms with Crippen LogP contribution in [0.4, 0.5) is 0 Å². The summed E-state index contributed by atoms with van der Waals surface area (Å²) in [5.41, 5.74) is 6.54. The van der Waals surface area contributed by atoms with Crippen molar-refractivity contribution in [3.05, 3.63) is 50.5 Å². The zero-order valence-electron chi connectivity index (χ0n) is 13.1. The number of benzene rings is 1. The SMILES string of the molecule is CCCNC(c1csc(C)n1)c1cc(C)c(C)cc1C. The molecule has 1 aromatic heterocycles. The number of thiazole rings is 1. The van der Waals surface area contributed by atoms with Crippen LogP contribution in [0.5, 0.6) is 0 Å². The van der Waals surface area contributed by atoms with E-state index in [1.165, 1.54) is 22.3 Å². The third kappa shape index (κ3) is 3.28. The molecule has 0 amide bonds. The molecule has 108 valence electrons. The van der Waals surface area contributed by atoms with E-state index in [4.69, 9.17) is 0 Å². The van der Waals surface area contributed by atoms with Crippen LogP contribution in [0, 0.1) is 27.7 Å². The molecule has 1 heterocycles. The minimum atomic E-state index is 0.208. The minimum Gasteiger partial charge on any atom is -0.305 e. The van der Waals surface area contributed by atoms with Crippen molar-refractivity contribution in [3.8, 4) is 0 Å². The fourth-order valence-corrected chi connectivity index (χ4v) is 3.11. The first-order chi connectivity index (χ1) is 9.52. The van der Waals surface area contributed by atoms with Crippen LogP contribution in [0.25, 0.3) is 0 Å². The Hall–Kier alpha value is -1.19. The largest absolute Gasteiger partial charge is 0.305 e. The summed E-state index contributed by atoms with van der Waals surface area (Å²) < 4.78 is 0. The number of aromatic nitrogens is 1. The highest BCUT2D eigenvalue weighted by molar-refractivity contribution is 7.09. The third-order valence-electron chi connectivity index (χ3n) is 3.72. The molecule has 0 fully saturated rings. The van der Waals surface area contributed by atoms with Gasteiger partial charge in [0.2, 0.25) is 0 Å². The van der Waals surface area contributed by atoms with Crippen LogP contribution in [0.2, 0.25) is 0 Å². The molecule has 2 aromatic rings. The Bertz CT molecular complexity index is 587. The molecule has 0 radical (unpaired) electrons. The van der Waals surface area contributed by atoms with E-state index in [0.717, 1.165) is 23.7 Å². The summed E-state index contributed by atoms with van der Waals surface area (Å²) in [5.74, 6) is 0. The zero-order valence-corrected chi connectivity index (χ0v) is 13.9. The summed E-state index contributed by atoms with van der Waals surface area (Å²) >= 11 is 1.72. The van der Waals surface area contributed by atoms with Gasteiger partial charge in [-0.3, -0.25) is 0 Å². The Balaban J connectivity index is 2.43. The third-order valence-corrected chi connectivity index (χ3v) is 4.52. The monoisotopic (exact) mass is 288 g/mol. The minimum absolute atomic E-state index is 0.208. The molecule has 2 nitrogen and oxygen atoms in total. The van der Waals surface area contributed by atoms with E-state index in [1.807, 2.05) is 0 Å². The van der Waals surface area contributed by atoms with Crippen LogP contribution in [-0.2, 0) is 0 Å². The molecular formula is C17H24N2S. The number of rotatable bonds is 5. The number of hydrogen-bond acceptors (Lipinski definition) is 3. The molecule has 1 unspecified atom stereocenters. The van der Waals surface area contributed by atoms with Crippen LogP contribution in [0.1, 0.15) is 52.3 Å². The van der Waals surface area contributed by atoms with Crippen molar-refractivity contribution < 1.29 is 0 Å². The summed E-state index contributed by atoms with van der Waals surface area (Å²) in [7, 11) is 0. The smallest absolute Gasteiger partial charge is 0.0898 e. The van der Waals surface area contributed by atoms with Crippen molar-refractivity contribution in [2.24, 2.45) is 0 Å². The zero-order chi connectivity index (χ0) is 14.7. The second kappa shape index (κ2) is 6.51. The topological polar surface area (TPSA) is 24.9 Å². The number of nitrogens with zero attached hydrogens (tertiary/aromatic N) is 1. The molecule has 1 N–H and O–H groups in total. The Morgan fingerprint density at radius 3 is 2.40 bits per heavy atom. The molecular weight excluding hydrogens is 264 g/mol. The van der Waals surface area contributed by atoms with Crippen molar-refractivity contribution in [3.63, 3.8) is 0 Å². The maximum absolute atomic E-state index is 4.69. The number of nitrogens with one attached hydrogen (secondary N) is 1. The van der Waals surface area contributed by atoms with Gasteiger partial charge in [0.15, 0.2) is 0 Å². The van der Waals surface area contributed by atoms with Gasteiger partial charge < -0.3 is 5.32 Å². The lowest BCUT2D eigenvalue weighted by atomic mass is 9.94. The van der Waals surface area contributed by atoms with Crippen molar-refractivity contribution in [1.29, 1.82) is 0 Å². The first kappa shape index (κ1) is 15.2. The van der Waals surface area contributed by atoms with Crippen LogP contribution in [0.15, 0.2) is 17.5 Å². The molecule has 0 saturated heterocycles. The van der Waals surface area contributed by atoms with Crippen LogP contribution >= 0.6 is 11.3 Å². The normalized spacial score (nSPS) is 12.7. The second-order valence-corrected chi connectivity index (χ2v) is 6.53. The van der Waals surface area contributed by atoms with E-state index < -0.39 is 0 Å². The molecule has 0 aliphatic carbocycles. The highest BCUT2D eigenvalue weighted by Gasteiger charge is 2.18. The van der Waals surface area contributed by atoms with Gasteiger partial charge in [0, 0.05) is 5.38 Å². The van der Waals surface area contributed by atoms with E-state index in [1.54, 1.807) is 11.3 Å². The fourth-order valence-electron chi connectivity index (χ4n) is 2.47. The van der Waals surface area contributed by atoms with E-state index in [0.29, 0.717) is 0 Å². The maximum atomic E-state index is 4.69. The van der Waals surface area contributed by atoms with Gasteiger partial charge in [0.25, 0.3) is 0 Å². The molecule has 2 rings (SSSR count). The Labute approximate surface area is 126 Å². The standard InChI is InChI=1S/C17H24N2S/c1-6-7-18-17(16-10-20-14(5)19-16)15-9-12(3)11(2)8-13(15)4/h8-10,17-18H,6-7H2,1-5H3. The van der Waals surface area contributed by atoms with Gasteiger partial charge in [0.1, 0.15) is 0 Å². The highest BCUT2D eigenvalue weighted by Crippen LogP contribution is 2.28. The van der Waals surface area contributed by atoms with Gasteiger partial charge >= 0.3 is 0 Å². The Kier molecular flexibility index (Phi) is 4.95. The average Bonchev–Trinajstić information content (AvgIpc) is 2.82. The first-order valence-corrected chi connectivity index (χ1v) is 8.14. The summed E-state index contributed by atoms with van der Waals surface area (Å²) in [6.07, 6.45) is 1.13. The predicted molar refractivity (Wildman–Crippen MR) is 87.6 cm³/mol. The summed E-state index contributed by atoms with van der Waals surface area (Å²) in [4.78, 5) is 4.69. The Morgan fingerprint density at radius 1 is 1.10 bits per heavy atom. The summed E-state index contributed by atoms with van der Waals surface area (Å²) in [5, 5.41) is 6.95. The van der Waals surface area contributed by atoms with Crippen molar-refractivity contribution in [1.82, 2.24) is 10.3 Å². The van der Waals surface area contributed by atoms with Gasteiger partial charge in [0.05, 0.1) is 16.7 Å². The van der Waals surface area contributed by atoms with E-state index in [9.17, 15) is 0 Å². The fraction of sp³-hybridized carbons (Fsp3) is 0.471. The molecule has 1 atom stereocenters. The first-order valence-electron chi connectivity index (χ1n) is 7.26. The van der Waals surface area contributed by atoms with E-state index in [-0.39, 0.29) is 6.04 Å². The highest BCUT2D eigenvalue weighted by atomic mass is 32.1. The van der Waals surface area contributed by atoms with E-state index >= 15 is 0 Å². The van der Waals surface area contributed by atoms with Crippen molar-refractivity contribution in [2.45, 2.75) is 47.1 Å². The molecule has 0 bridgehead atoms. The molecule has 1 aromatic carbocycles. The quantitative estimate of drug-likeness (QED) is 0.878. The summed E-state index contributed by atoms with van der Waals surface area (Å²) in [6, 6.07) is 4.80. The predicted octanol–water partition coefficient (Wildman–Crippen LogP) is 4.47. The van der Waals surface area contributed by atoms with Crippen LogP contribution in [0.3, 0.4) is 0 Å². The van der Waals surface area contributed by atoms with Crippen LogP contribution in [-0.4, -0.2) is 11.5 Å². The average molecular weight is 288 g/mol. The Morgan fingerprint density at radius 2 is 1.80 bits per heavy atom. The lowest BCUT2D eigenvalue weighted by Crippen LogP contribution is -2.24. The molecule has 0 saturated carbocycles. The van der Waals surface area contributed by atoms with Crippen molar-refractivity contribution >= 4 is 11.3 Å². The van der Waals surface area contributed by atoms with Gasteiger partial charge in [-0.2, -0.15) is 0 Å². The molecule has 20 heavy (non-hydrogen) atoms. The van der Waals surface area contributed by atoms with Crippen LogP contribution < -0.4 is 5.32 Å². The molecule has 0 aliphatic rings. The van der Waals surface area contributed by atoms with E-state index in [2.05, 4.69) is 62.4 Å². The number of hydrogen-bond donors (Lipinski definition) is 1. The molecule has 3 heteroatoms. The number of aryl methyl sites for hydroxylation is 4. The lowest BCUT2D eigenvalue weighted by molar-refractivity contribution is 0.585. The lowest BCUT2D eigenvalue weighted by Gasteiger charge is -2.20. The van der Waals surface area contributed by atoms with Gasteiger partial charge in [-0.05, 0) is 62.9 Å². The van der Waals surface area contributed by atoms with Gasteiger partial charge in [-0.1, -0.05) is 19.1 Å². The second-order valence-electron chi connectivity index (χ2n) is 5.47. The van der Waals surface area contributed by atoms with Crippen molar-refractivity contribution in [2.75, 3.05) is 6.54 Å². The maximum Gasteiger partial charge on any atom is 0.0898 e. The summed E-state index contributed by atoms with van der Waals surface area (Å²) in [6.45, 7) is 11.8. The van der Waals surface area contributed by atoms with Gasteiger partial charge in [-0.15, -0.1) is 11.3 Å². The molecule has 0 spiro atoms. The molecule has 0 aliphatic heterocycles. The van der Waals surface area contributed by atoms with Gasteiger partial charge in [-0.25, -0.2) is 4.98 Å².